The summed E-state index contributed by atoms with van der Waals surface area (Å²) in [6.07, 6.45) is 1.30. The molecule has 0 unspecified atom stereocenters. The van der Waals surface area contributed by atoms with Gasteiger partial charge in [-0.1, -0.05) is 29.8 Å². The maximum absolute atomic E-state index is 12.9. The molecule has 2 aromatic heterocycles. The Kier molecular flexibility index (Phi) is 5.09. The molecule has 0 bridgehead atoms. The molecule has 8 nitrogen and oxygen atoms in total. The number of hydrogen-bond acceptors (Lipinski definition) is 6. The first-order valence-electron chi connectivity index (χ1n) is 9.36. The van der Waals surface area contributed by atoms with E-state index in [1.807, 2.05) is 32.0 Å². The highest BCUT2D eigenvalue weighted by molar-refractivity contribution is 7.92. The second-order valence-electron chi connectivity index (χ2n) is 7.00. The Morgan fingerprint density at radius 3 is 2.55 bits per heavy atom. The number of sulfonamides is 1. The van der Waals surface area contributed by atoms with E-state index in [1.54, 1.807) is 31.4 Å². The molecular weight excluding hydrogens is 414 g/mol. The highest BCUT2D eigenvalue weighted by Gasteiger charge is 2.22. The third-order valence-electron chi connectivity index (χ3n) is 4.88. The number of para-hydroxylation sites is 1. The number of rotatable bonds is 5. The summed E-state index contributed by atoms with van der Waals surface area (Å²) in [5.74, 6) is 0.957. The van der Waals surface area contributed by atoms with E-state index in [9.17, 15) is 13.7 Å². The number of fused-ring (bicyclic) bond motifs is 1. The molecule has 0 aliphatic heterocycles. The quantitative estimate of drug-likeness (QED) is 0.514. The summed E-state index contributed by atoms with van der Waals surface area (Å²) < 4.78 is 35.1. The molecule has 0 fully saturated rings. The minimum absolute atomic E-state index is 0.0178. The number of pyridine rings is 1. The maximum atomic E-state index is 12.9. The van der Waals surface area contributed by atoms with Gasteiger partial charge in [0.1, 0.15) is 22.9 Å². The van der Waals surface area contributed by atoms with Crippen molar-refractivity contribution in [3.8, 4) is 17.6 Å². The zero-order chi connectivity index (χ0) is 22.2. The number of nitrogens with zero attached hydrogens (tertiary/aromatic N) is 4. The van der Waals surface area contributed by atoms with E-state index in [4.69, 9.17) is 4.74 Å². The fraction of sp³-hybridized carbons (Fsp3) is 0.136. The van der Waals surface area contributed by atoms with Crippen molar-refractivity contribution in [2.45, 2.75) is 18.7 Å². The zero-order valence-electron chi connectivity index (χ0n) is 17.1. The number of aromatic nitrogens is 3. The van der Waals surface area contributed by atoms with Crippen LogP contribution in [0.4, 0.5) is 5.82 Å². The van der Waals surface area contributed by atoms with Gasteiger partial charge in [0.05, 0.1) is 18.2 Å². The van der Waals surface area contributed by atoms with Crippen LogP contribution in [-0.2, 0) is 10.0 Å². The van der Waals surface area contributed by atoms with Gasteiger partial charge in [-0.15, -0.1) is 0 Å². The van der Waals surface area contributed by atoms with Crippen molar-refractivity contribution < 1.29 is 13.2 Å². The molecule has 0 saturated heterocycles. The van der Waals surface area contributed by atoms with Crippen LogP contribution in [-0.4, -0.2) is 30.3 Å². The Bertz CT molecular complexity index is 1430. The summed E-state index contributed by atoms with van der Waals surface area (Å²) in [6, 6.07) is 15.8. The van der Waals surface area contributed by atoms with E-state index in [2.05, 4.69) is 14.8 Å². The predicted octanol–water partition coefficient (Wildman–Crippen LogP) is 3.72. The van der Waals surface area contributed by atoms with Crippen molar-refractivity contribution in [1.29, 1.82) is 5.26 Å². The van der Waals surface area contributed by atoms with Gasteiger partial charge < -0.3 is 4.74 Å². The highest BCUT2D eigenvalue weighted by Crippen LogP contribution is 2.29. The number of anilines is 1. The van der Waals surface area contributed by atoms with Gasteiger partial charge >= 0.3 is 0 Å². The average Bonchev–Trinajstić information content (AvgIpc) is 3.15. The van der Waals surface area contributed by atoms with E-state index in [0.29, 0.717) is 17.1 Å². The topological polar surface area (TPSA) is 110 Å². The van der Waals surface area contributed by atoms with Crippen molar-refractivity contribution in [3.63, 3.8) is 0 Å². The first-order chi connectivity index (χ1) is 14.8. The third-order valence-corrected chi connectivity index (χ3v) is 6.24. The lowest BCUT2D eigenvalue weighted by atomic mass is 10.1. The van der Waals surface area contributed by atoms with Gasteiger partial charge in [0.15, 0.2) is 11.6 Å². The molecule has 0 radical (unpaired) electrons. The molecule has 0 atom stereocenters. The molecule has 2 heterocycles. The normalized spacial score (nSPS) is 11.3. The standard InChI is InChI=1S/C22H19N5O3S/c1-14-7-9-17(10-8-14)31(28,29)26-22-16(12-23)13-24-27(22)20-11-15(2)18-5-4-6-19(30-3)21(18)25-20/h4-11,13,26H,1-3H3. The molecule has 0 spiro atoms. The second-order valence-corrected chi connectivity index (χ2v) is 8.69. The Labute approximate surface area is 179 Å². The SMILES string of the molecule is COc1cccc2c(C)cc(-n3ncc(C#N)c3NS(=O)(=O)c3ccc(C)cc3)nc12. The molecule has 31 heavy (non-hydrogen) atoms. The van der Waals surface area contributed by atoms with Crippen LogP contribution in [0.5, 0.6) is 5.75 Å². The van der Waals surface area contributed by atoms with Gasteiger partial charge in [-0.3, -0.25) is 4.72 Å². The van der Waals surface area contributed by atoms with E-state index >= 15 is 0 Å². The zero-order valence-corrected chi connectivity index (χ0v) is 17.9. The number of ether oxygens (including phenoxy) is 1. The molecule has 0 aliphatic rings. The fourth-order valence-electron chi connectivity index (χ4n) is 3.25. The van der Waals surface area contributed by atoms with Crippen LogP contribution in [0.3, 0.4) is 0 Å². The molecule has 4 aromatic rings. The second kappa shape index (κ2) is 7.74. The summed E-state index contributed by atoms with van der Waals surface area (Å²) in [5.41, 5.74) is 2.53. The minimum atomic E-state index is -3.94. The van der Waals surface area contributed by atoms with Crippen molar-refractivity contribution in [2.24, 2.45) is 0 Å². The lowest BCUT2D eigenvalue weighted by molar-refractivity contribution is 0.419. The van der Waals surface area contributed by atoms with Crippen LogP contribution in [0.1, 0.15) is 16.7 Å². The summed E-state index contributed by atoms with van der Waals surface area (Å²) in [6.45, 7) is 3.78. The molecule has 0 aliphatic carbocycles. The molecule has 4 rings (SSSR count). The largest absolute Gasteiger partial charge is 0.494 e. The van der Waals surface area contributed by atoms with Gasteiger partial charge in [0.25, 0.3) is 10.0 Å². The van der Waals surface area contributed by atoms with Crippen LogP contribution < -0.4 is 9.46 Å². The van der Waals surface area contributed by atoms with Gasteiger partial charge in [-0.25, -0.2) is 13.4 Å². The smallest absolute Gasteiger partial charge is 0.263 e. The van der Waals surface area contributed by atoms with Crippen LogP contribution in [0.2, 0.25) is 0 Å². The Balaban J connectivity index is 1.86. The minimum Gasteiger partial charge on any atom is -0.494 e. The van der Waals surface area contributed by atoms with Crippen molar-refractivity contribution in [1.82, 2.24) is 14.8 Å². The summed E-state index contributed by atoms with van der Waals surface area (Å²) >= 11 is 0. The Morgan fingerprint density at radius 1 is 1.13 bits per heavy atom. The number of hydrogen-bond donors (Lipinski definition) is 1. The van der Waals surface area contributed by atoms with Crippen LogP contribution in [0.25, 0.3) is 16.7 Å². The van der Waals surface area contributed by atoms with E-state index in [0.717, 1.165) is 16.5 Å². The van der Waals surface area contributed by atoms with E-state index < -0.39 is 10.0 Å². The Hall–Kier alpha value is -3.90. The monoisotopic (exact) mass is 433 g/mol. The van der Waals surface area contributed by atoms with Gasteiger partial charge in [-0.05, 0) is 43.7 Å². The van der Waals surface area contributed by atoms with Gasteiger partial charge in [0, 0.05) is 5.39 Å². The number of methoxy groups -OCH3 is 1. The van der Waals surface area contributed by atoms with Crippen molar-refractivity contribution in [3.05, 3.63) is 71.4 Å². The number of aryl methyl sites for hydroxylation is 2. The number of benzene rings is 2. The molecule has 9 heteroatoms. The molecule has 0 saturated carbocycles. The van der Waals surface area contributed by atoms with Crippen molar-refractivity contribution >= 4 is 26.7 Å². The molecular formula is C22H19N5O3S. The maximum Gasteiger partial charge on any atom is 0.263 e. The van der Waals surface area contributed by atoms with E-state index in [1.165, 1.54) is 23.0 Å². The van der Waals surface area contributed by atoms with Gasteiger partial charge in [0.2, 0.25) is 0 Å². The molecule has 1 N–H and O–H groups in total. The van der Waals surface area contributed by atoms with E-state index in [-0.39, 0.29) is 16.3 Å². The third kappa shape index (κ3) is 3.69. The lowest BCUT2D eigenvalue weighted by Crippen LogP contribution is -2.17. The van der Waals surface area contributed by atoms with Crippen LogP contribution >= 0.6 is 0 Å². The summed E-state index contributed by atoms with van der Waals surface area (Å²) in [4.78, 5) is 4.71. The molecule has 156 valence electrons. The summed E-state index contributed by atoms with van der Waals surface area (Å²) in [7, 11) is -2.39. The van der Waals surface area contributed by atoms with Crippen LogP contribution in [0, 0.1) is 25.2 Å². The first-order valence-corrected chi connectivity index (χ1v) is 10.8. The summed E-state index contributed by atoms with van der Waals surface area (Å²) in [5, 5.41) is 14.6. The first kappa shape index (κ1) is 20.4. The Morgan fingerprint density at radius 2 is 1.87 bits per heavy atom. The highest BCUT2D eigenvalue weighted by atomic mass is 32.2. The fourth-order valence-corrected chi connectivity index (χ4v) is 4.32. The number of nitriles is 1. The molecule has 2 aromatic carbocycles. The predicted molar refractivity (Wildman–Crippen MR) is 117 cm³/mol. The molecule has 0 amide bonds. The van der Waals surface area contributed by atoms with Gasteiger partial charge in [-0.2, -0.15) is 15.0 Å². The lowest BCUT2D eigenvalue weighted by Gasteiger charge is -2.13. The number of nitrogens with one attached hydrogen (secondary N) is 1. The average molecular weight is 433 g/mol. The van der Waals surface area contributed by atoms with Crippen molar-refractivity contribution in [2.75, 3.05) is 11.8 Å². The van der Waals surface area contributed by atoms with Crippen LogP contribution in [0.15, 0.2) is 59.6 Å².